The second kappa shape index (κ2) is 9.19. The molecule has 1 nitrogen and oxygen atoms in total. The van der Waals surface area contributed by atoms with Crippen LogP contribution < -0.4 is 0 Å². The molecular formula is C45H30O. The van der Waals surface area contributed by atoms with Crippen LogP contribution in [0.2, 0.25) is 0 Å². The fourth-order valence-electron chi connectivity index (χ4n) is 8.39. The quantitative estimate of drug-likeness (QED) is 0.184. The number of hydrogen-bond acceptors (Lipinski definition) is 1. The van der Waals surface area contributed by atoms with E-state index in [9.17, 15) is 0 Å². The zero-order chi connectivity index (χ0) is 30.6. The first-order valence-electron chi connectivity index (χ1n) is 16.1. The number of rotatable bonds is 2. The van der Waals surface area contributed by atoms with Gasteiger partial charge in [-0.05, 0) is 101 Å². The maximum atomic E-state index is 6.35. The minimum absolute atomic E-state index is 0.116. The van der Waals surface area contributed by atoms with Crippen molar-refractivity contribution in [2.24, 2.45) is 0 Å². The third-order valence-corrected chi connectivity index (χ3v) is 10.4. The molecule has 0 saturated carbocycles. The van der Waals surface area contributed by atoms with Gasteiger partial charge in [0.25, 0.3) is 0 Å². The van der Waals surface area contributed by atoms with Gasteiger partial charge in [-0.15, -0.1) is 0 Å². The van der Waals surface area contributed by atoms with Gasteiger partial charge in [-0.2, -0.15) is 0 Å². The van der Waals surface area contributed by atoms with E-state index < -0.39 is 0 Å². The van der Waals surface area contributed by atoms with Crippen molar-refractivity contribution in [1.29, 1.82) is 0 Å². The average Bonchev–Trinajstić information content (AvgIpc) is 3.58. The Morgan fingerprint density at radius 2 is 0.935 bits per heavy atom. The summed E-state index contributed by atoms with van der Waals surface area (Å²) in [4.78, 5) is 0. The Bertz CT molecular complexity index is 2660. The van der Waals surface area contributed by atoms with E-state index in [4.69, 9.17) is 4.42 Å². The van der Waals surface area contributed by atoms with Gasteiger partial charge in [-0.25, -0.2) is 0 Å². The molecule has 8 aromatic carbocycles. The molecule has 1 heteroatoms. The molecule has 1 heterocycles. The molecule has 46 heavy (non-hydrogen) atoms. The minimum atomic E-state index is -0.116. The van der Waals surface area contributed by atoms with Crippen molar-refractivity contribution in [3.63, 3.8) is 0 Å². The Morgan fingerprint density at radius 3 is 1.63 bits per heavy atom. The van der Waals surface area contributed by atoms with E-state index >= 15 is 0 Å². The van der Waals surface area contributed by atoms with Crippen LogP contribution in [0.4, 0.5) is 0 Å². The number of para-hydroxylation sites is 1. The van der Waals surface area contributed by atoms with Crippen molar-refractivity contribution in [2.75, 3.05) is 0 Å². The highest BCUT2D eigenvalue weighted by Crippen LogP contribution is 2.53. The predicted molar refractivity (Wildman–Crippen MR) is 195 cm³/mol. The summed E-state index contributed by atoms with van der Waals surface area (Å²) in [5.74, 6) is 0. The number of hydrogen-bond donors (Lipinski definition) is 0. The lowest BCUT2D eigenvalue weighted by atomic mass is 9.79. The van der Waals surface area contributed by atoms with Gasteiger partial charge in [-0.3, -0.25) is 0 Å². The summed E-state index contributed by atoms with van der Waals surface area (Å²) in [6.07, 6.45) is 0. The zero-order valence-electron chi connectivity index (χ0n) is 25.8. The van der Waals surface area contributed by atoms with E-state index in [1.165, 1.54) is 76.8 Å². The molecule has 1 aliphatic rings. The first-order valence-corrected chi connectivity index (χ1v) is 16.1. The fraction of sp³-hybridized carbons (Fsp3) is 0.0667. The van der Waals surface area contributed by atoms with Crippen LogP contribution in [0.1, 0.15) is 25.0 Å². The van der Waals surface area contributed by atoms with Gasteiger partial charge in [0.2, 0.25) is 0 Å². The zero-order valence-corrected chi connectivity index (χ0v) is 25.8. The van der Waals surface area contributed by atoms with Crippen LogP contribution in [0.25, 0.3) is 87.6 Å². The van der Waals surface area contributed by atoms with E-state index in [-0.39, 0.29) is 5.41 Å². The molecule has 0 atom stereocenters. The smallest absolute Gasteiger partial charge is 0.136 e. The monoisotopic (exact) mass is 586 g/mol. The lowest BCUT2D eigenvalue weighted by Gasteiger charge is -2.24. The predicted octanol–water partition coefficient (Wildman–Crippen LogP) is 12.7. The van der Waals surface area contributed by atoms with Gasteiger partial charge in [0, 0.05) is 16.2 Å². The molecule has 0 fully saturated rings. The lowest BCUT2D eigenvalue weighted by molar-refractivity contribution is 0.666. The van der Waals surface area contributed by atoms with Crippen LogP contribution in [-0.2, 0) is 5.41 Å². The van der Waals surface area contributed by atoms with Crippen molar-refractivity contribution >= 4 is 54.3 Å². The largest absolute Gasteiger partial charge is 0.456 e. The van der Waals surface area contributed by atoms with Crippen LogP contribution in [0, 0.1) is 0 Å². The van der Waals surface area contributed by atoms with Crippen LogP contribution >= 0.6 is 0 Å². The molecule has 0 amide bonds. The highest BCUT2D eigenvalue weighted by molar-refractivity contribution is 6.22. The summed E-state index contributed by atoms with van der Waals surface area (Å²) < 4.78 is 6.35. The number of benzene rings is 8. The van der Waals surface area contributed by atoms with E-state index in [0.717, 1.165) is 21.9 Å². The Balaban J connectivity index is 1.23. The Morgan fingerprint density at radius 1 is 0.413 bits per heavy atom. The van der Waals surface area contributed by atoms with Crippen molar-refractivity contribution in [3.05, 3.63) is 157 Å². The molecule has 1 aromatic heterocycles. The Labute approximate surface area is 267 Å². The fourth-order valence-corrected chi connectivity index (χ4v) is 8.39. The first kappa shape index (κ1) is 25.6. The SMILES string of the molecule is CC1(C)c2cc(-c3c4ccccc4c(-c4ccc5c(c4)oc4ccccc45)c4ccccc34)ccc2-c2ccc3ccccc3c21. The number of fused-ring (bicyclic) bond motifs is 10. The topological polar surface area (TPSA) is 13.1 Å². The Kier molecular flexibility index (Phi) is 5.12. The summed E-state index contributed by atoms with van der Waals surface area (Å²) in [7, 11) is 0. The third-order valence-electron chi connectivity index (χ3n) is 10.4. The molecule has 0 spiro atoms. The molecular weight excluding hydrogens is 556 g/mol. The van der Waals surface area contributed by atoms with Gasteiger partial charge < -0.3 is 4.42 Å². The summed E-state index contributed by atoms with van der Waals surface area (Å²) in [6, 6.07) is 53.4. The van der Waals surface area contributed by atoms with Crippen molar-refractivity contribution in [3.8, 4) is 33.4 Å². The van der Waals surface area contributed by atoms with E-state index in [0.29, 0.717) is 0 Å². The molecule has 9 aromatic rings. The van der Waals surface area contributed by atoms with Gasteiger partial charge in [0.15, 0.2) is 0 Å². The van der Waals surface area contributed by atoms with Crippen LogP contribution in [0.5, 0.6) is 0 Å². The minimum Gasteiger partial charge on any atom is -0.456 e. The number of furan rings is 1. The summed E-state index contributed by atoms with van der Waals surface area (Å²) in [5, 5.41) is 9.99. The lowest BCUT2D eigenvalue weighted by Crippen LogP contribution is -2.15. The van der Waals surface area contributed by atoms with Crippen LogP contribution in [-0.4, -0.2) is 0 Å². The maximum Gasteiger partial charge on any atom is 0.136 e. The van der Waals surface area contributed by atoms with Gasteiger partial charge in [0.05, 0.1) is 0 Å². The van der Waals surface area contributed by atoms with E-state index in [1.54, 1.807) is 0 Å². The first-order chi connectivity index (χ1) is 22.6. The van der Waals surface area contributed by atoms with Gasteiger partial charge >= 0.3 is 0 Å². The van der Waals surface area contributed by atoms with Crippen molar-refractivity contribution < 1.29 is 4.42 Å². The molecule has 216 valence electrons. The van der Waals surface area contributed by atoms with Gasteiger partial charge in [0.1, 0.15) is 11.2 Å². The molecule has 0 unspecified atom stereocenters. The summed E-state index contributed by atoms with van der Waals surface area (Å²) in [5.41, 5.74) is 12.2. The normalized spacial score (nSPS) is 13.6. The molecule has 0 N–H and O–H groups in total. The molecule has 10 rings (SSSR count). The second-order valence-corrected chi connectivity index (χ2v) is 13.2. The molecule has 0 bridgehead atoms. The molecule has 1 aliphatic carbocycles. The maximum absolute atomic E-state index is 6.35. The molecule has 0 saturated heterocycles. The van der Waals surface area contributed by atoms with E-state index in [2.05, 4.69) is 147 Å². The molecule has 0 radical (unpaired) electrons. The summed E-state index contributed by atoms with van der Waals surface area (Å²) in [6.45, 7) is 4.78. The second-order valence-electron chi connectivity index (χ2n) is 13.2. The summed E-state index contributed by atoms with van der Waals surface area (Å²) >= 11 is 0. The van der Waals surface area contributed by atoms with E-state index in [1.807, 2.05) is 12.1 Å². The van der Waals surface area contributed by atoms with Crippen LogP contribution in [0.3, 0.4) is 0 Å². The van der Waals surface area contributed by atoms with Gasteiger partial charge in [-0.1, -0.05) is 135 Å². The highest BCUT2D eigenvalue weighted by Gasteiger charge is 2.37. The standard InChI is InChI=1S/C45H30O/c1-45(2)39-25-28(20-22-31(39)38-24-19-27-11-3-4-12-30(27)44(38)45)42-34-14-5-7-16-36(34)43(37-17-8-6-15-35(37)42)29-21-23-33-32-13-9-10-18-40(32)46-41(33)26-29/h3-26H,1-2H3. The van der Waals surface area contributed by atoms with Crippen molar-refractivity contribution in [2.45, 2.75) is 19.3 Å². The molecule has 0 aliphatic heterocycles. The highest BCUT2D eigenvalue weighted by atomic mass is 16.3. The van der Waals surface area contributed by atoms with Crippen molar-refractivity contribution in [1.82, 2.24) is 0 Å². The Hall–Kier alpha value is -5.66. The third kappa shape index (κ3) is 3.40. The van der Waals surface area contributed by atoms with Crippen LogP contribution in [0.15, 0.2) is 150 Å². The average molecular weight is 587 g/mol.